The molecule has 0 spiro atoms. The summed E-state index contributed by atoms with van der Waals surface area (Å²) in [4.78, 5) is 2.25. The smallest absolute Gasteiger partial charge is 0.192 e. The Morgan fingerprint density at radius 1 is 1.56 bits per heavy atom. The standard InChI is InChI=1S/C5H3ClFNS/c6-3-1-2-4(7)8-5(3)9/h1-2H,(H,8,9). The summed E-state index contributed by atoms with van der Waals surface area (Å²) in [5.41, 5.74) is 0. The van der Waals surface area contributed by atoms with Gasteiger partial charge in [-0.3, -0.25) is 0 Å². The molecule has 0 atom stereocenters. The molecule has 0 aliphatic heterocycles. The molecule has 0 saturated carbocycles. The van der Waals surface area contributed by atoms with Crippen molar-refractivity contribution in [1.29, 1.82) is 0 Å². The highest BCUT2D eigenvalue weighted by atomic mass is 35.5. The van der Waals surface area contributed by atoms with E-state index in [-0.39, 0.29) is 4.64 Å². The molecular weight excluding hydrogens is 161 g/mol. The van der Waals surface area contributed by atoms with Crippen LogP contribution in [0.4, 0.5) is 4.39 Å². The van der Waals surface area contributed by atoms with Crippen molar-refractivity contribution in [2.75, 3.05) is 0 Å². The quantitative estimate of drug-likeness (QED) is 0.459. The summed E-state index contributed by atoms with van der Waals surface area (Å²) in [6.45, 7) is 0. The molecule has 0 aliphatic carbocycles. The van der Waals surface area contributed by atoms with Crippen molar-refractivity contribution >= 4 is 23.8 Å². The summed E-state index contributed by atoms with van der Waals surface area (Å²) in [6.07, 6.45) is 0. The number of halogens is 2. The molecule has 1 aromatic heterocycles. The Morgan fingerprint density at radius 2 is 2.22 bits per heavy atom. The number of pyridine rings is 1. The number of H-pyrrole nitrogens is 1. The van der Waals surface area contributed by atoms with Crippen molar-refractivity contribution in [2.45, 2.75) is 0 Å². The maximum Gasteiger partial charge on any atom is 0.192 e. The van der Waals surface area contributed by atoms with E-state index in [4.69, 9.17) is 11.6 Å². The molecule has 1 heterocycles. The summed E-state index contributed by atoms with van der Waals surface area (Å²) in [5.74, 6) is -0.468. The minimum atomic E-state index is -0.468. The fraction of sp³-hybridized carbons (Fsp3) is 0. The van der Waals surface area contributed by atoms with E-state index in [2.05, 4.69) is 17.2 Å². The van der Waals surface area contributed by atoms with Gasteiger partial charge in [0.2, 0.25) is 0 Å². The Balaban J connectivity index is 3.34. The van der Waals surface area contributed by atoms with Crippen LogP contribution in [0.1, 0.15) is 0 Å². The van der Waals surface area contributed by atoms with Gasteiger partial charge in [-0.05, 0) is 12.1 Å². The van der Waals surface area contributed by atoms with E-state index in [0.29, 0.717) is 5.02 Å². The van der Waals surface area contributed by atoms with Gasteiger partial charge in [-0.1, -0.05) is 23.8 Å². The van der Waals surface area contributed by atoms with E-state index >= 15 is 0 Å². The second-order valence-corrected chi connectivity index (χ2v) is 2.30. The average molecular weight is 164 g/mol. The highest BCUT2D eigenvalue weighted by molar-refractivity contribution is 7.71. The molecule has 9 heavy (non-hydrogen) atoms. The predicted molar refractivity (Wildman–Crippen MR) is 36.6 cm³/mol. The zero-order valence-electron chi connectivity index (χ0n) is 4.32. The van der Waals surface area contributed by atoms with Gasteiger partial charge in [-0.15, -0.1) is 0 Å². The lowest BCUT2D eigenvalue weighted by atomic mass is 10.5. The second-order valence-electron chi connectivity index (χ2n) is 1.48. The topological polar surface area (TPSA) is 15.8 Å². The molecule has 0 amide bonds. The van der Waals surface area contributed by atoms with E-state index in [1.807, 2.05) is 0 Å². The van der Waals surface area contributed by atoms with Crippen LogP contribution < -0.4 is 0 Å². The third kappa shape index (κ3) is 1.50. The van der Waals surface area contributed by atoms with Crippen LogP contribution in [0, 0.1) is 10.6 Å². The molecule has 48 valence electrons. The number of hydrogen-bond acceptors (Lipinski definition) is 1. The van der Waals surface area contributed by atoms with Gasteiger partial charge in [-0.25, -0.2) is 0 Å². The Morgan fingerprint density at radius 3 is 2.67 bits per heavy atom. The molecule has 0 aliphatic rings. The van der Waals surface area contributed by atoms with Crippen LogP contribution in [0.15, 0.2) is 12.1 Å². The number of nitrogens with one attached hydrogen (secondary N) is 1. The van der Waals surface area contributed by atoms with Gasteiger partial charge in [-0.2, -0.15) is 4.39 Å². The van der Waals surface area contributed by atoms with E-state index in [9.17, 15) is 4.39 Å². The van der Waals surface area contributed by atoms with Crippen molar-refractivity contribution in [1.82, 2.24) is 4.98 Å². The van der Waals surface area contributed by atoms with E-state index in [1.54, 1.807) is 0 Å². The van der Waals surface area contributed by atoms with Crippen LogP contribution in [0.5, 0.6) is 0 Å². The third-order valence-electron chi connectivity index (χ3n) is 0.826. The lowest BCUT2D eigenvalue weighted by Crippen LogP contribution is -1.80. The fourth-order valence-electron chi connectivity index (χ4n) is 0.432. The molecule has 1 nitrogen and oxygen atoms in total. The highest BCUT2D eigenvalue weighted by Crippen LogP contribution is 2.07. The third-order valence-corrected chi connectivity index (χ3v) is 1.57. The summed E-state index contributed by atoms with van der Waals surface area (Å²) in [6, 6.07) is 2.63. The fourth-order valence-corrected chi connectivity index (χ4v) is 0.708. The highest BCUT2D eigenvalue weighted by Gasteiger charge is 1.90. The second kappa shape index (κ2) is 2.45. The van der Waals surface area contributed by atoms with Gasteiger partial charge in [0.15, 0.2) is 5.95 Å². The molecule has 4 heteroatoms. The molecule has 0 bridgehead atoms. The van der Waals surface area contributed by atoms with Gasteiger partial charge >= 0.3 is 0 Å². The number of hydrogen-bond donors (Lipinski definition) is 1. The molecular formula is C5H3ClFNS. The first-order valence-corrected chi connectivity index (χ1v) is 3.03. The predicted octanol–water partition coefficient (Wildman–Crippen LogP) is 2.54. The van der Waals surface area contributed by atoms with Crippen LogP contribution in [-0.4, -0.2) is 4.98 Å². The molecule has 0 saturated heterocycles. The van der Waals surface area contributed by atoms with E-state index < -0.39 is 5.95 Å². The molecule has 0 aromatic carbocycles. The number of rotatable bonds is 0. The summed E-state index contributed by atoms with van der Waals surface area (Å²) >= 11 is 10.1. The van der Waals surface area contributed by atoms with E-state index in [1.165, 1.54) is 12.1 Å². The van der Waals surface area contributed by atoms with Crippen LogP contribution in [0.25, 0.3) is 0 Å². The van der Waals surface area contributed by atoms with Gasteiger partial charge < -0.3 is 4.98 Å². The summed E-state index contributed by atoms with van der Waals surface area (Å²) in [5, 5.41) is 0.367. The lowest BCUT2D eigenvalue weighted by Gasteiger charge is -1.88. The summed E-state index contributed by atoms with van der Waals surface area (Å²) in [7, 11) is 0. The molecule has 1 N–H and O–H groups in total. The Kier molecular flexibility index (Phi) is 1.83. The number of aromatic nitrogens is 1. The number of aromatic amines is 1. The Labute approximate surface area is 61.5 Å². The molecule has 0 fully saturated rings. The minimum Gasteiger partial charge on any atom is -0.322 e. The maximum absolute atomic E-state index is 12.2. The monoisotopic (exact) mass is 163 g/mol. The zero-order valence-corrected chi connectivity index (χ0v) is 5.89. The first-order valence-electron chi connectivity index (χ1n) is 2.24. The van der Waals surface area contributed by atoms with Gasteiger partial charge in [0.1, 0.15) is 4.64 Å². The van der Waals surface area contributed by atoms with Gasteiger partial charge in [0.05, 0.1) is 5.02 Å². The Hall–Kier alpha value is -0.410. The van der Waals surface area contributed by atoms with Crippen molar-refractivity contribution in [3.63, 3.8) is 0 Å². The zero-order chi connectivity index (χ0) is 6.85. The van der Waals surface area contributed by atoms with Crippen LogP contribution in [-0.2, 0) is 0 Å². The first-order chi connectivity index (χ1) is 4.20. The van der Waals surface area contributed by atoms with Crippen LogP contribution in [0.2, 0.25) is 5.02 Å². The molecule has 1 aromatic rings. The van der Waals surface area contributed by atoms with Crippen molar-refractivity contribution in [2.24, 2.45) is 0 Å². The van der Waals surface area contributed by atoms with Crippen molar-refractivity contribution < 1.29 is 4.39 Å². The van der Waals surface area contributed by atoms with Crippen molar-refractivity contribution in [3.05, 3.63) is 27.7 Å². The van der Waals surface area contributed by atoms with Crippen molar-refractivity contribution in [3.8, 4) is 0 Å². The molecule has 1 rings (SSSR count). The van der Waals surface area contributed by atoms with Gasteiger partial charge in [0.25, 0.3) is 0 Å². The van der Waals surface area contributed by atoms with Gasteiger partial charge in [0, 0.05) is 0 Å². The molecule has 0 unspecified atom stereocenters. The average Bonchev–Trinajstić information content (AvgIpc) is 1.80. The minimum absolute atomic E-state index is 0.233. The maximum atomic E-state index is 12.2. The van der Waals surface area contributed by atoms with E-state index in [0.717, 1.165) is 0 Å². The molecule has 0 radical (unpaired) electrons. The Bertz CT molecular complexity index is 270. The SMILES string of the molecule is Fc1ccc(Cl)c(=S)[nH]1. The largest absolute Gasteiger partial charge is 0.322 e. The lowest BCUT2D eigenvalue weighted by molar-refractivity contribution is 0.582. The first kappa shape index (κ1) is 6.71. The van der Waals surface area contributed by atoms with Crippen LogP contribution >= 0.6 is 23.8 Å². The van der Waals surface area contributed by atoms with Crippen LogP contribution in [0.3, 0.4) is 0 Å². The summed E-state index contributed by atoms with van der Waals surface area (Å²) < 4.78 is 12.4. The normalized spacial score (nSPS) is 9.56.